The van der Waals surface area contributed by atoms with Crippen molar-refractivity contribution in [3.8, 4) is 0 Å². The van der Waals surface area contributed by atoms with Crippen LogP contribution in [0.1, 0.15) is 51.9 Å². The number of anilines is 2. The molecular formula is C18H24N2O4. The van der Waals surface area contributed by atoms with Crippen molar-refractivity contribution >= 4 is 29.2 Å². The lowest BCUT2D eigenvalue weighted by Crippen LogP contribution is -2.35. The van der Waals surface area contributed by atoms with Crippen LogP contribution in [0.5, 0.6) is 0 Å². The van der Waals surface area contributed by atoms with Gasteiger partial charge in [0, 0.05) is 24.7 Å². The topological polar surface area (TPSA) is 95.5 Å². The first kappa shape index (κ1) is 18.0. The fraction of sp³-hybridized carbons (Fsp3) is 0.500. The SMILES string of the molecule is CC(=O)Nc1cccc(NC(=O)CC2(C(=O)O)CCCCCC2)c1. The number of amides is 2. The molecule has 1 aliphatic carbocycles. The lowest BCUT2D eigenvalue weighted by molar-refractivity contribution is -0.152. The highest BCUT2D eigenvalue weighted by Crippen LogP contribution is 2.38. The number of hydrogen-bond donors (Lipinski definition) is 3. The van der Waals surface area contributed by atoms with Gasteiger partial charge in [0.2, 0.25) is 11.8 Å². The largest absolute Gasteiger partial charge is 0.481 e. The molecule has 2 rings (SSSR count). The van der Waals surface area contributed by atoms with Crippen LogP contribution in [0.15, 0.2) is 24.3 Å². The van der Waals surface area contributed by atoms with Crippen LogP contribution in [0.3, 0.4) is 0 Å². The standard InChI is InChI=1S/C18H24N2O4/c1-13(21)19-14-7-6-8-15(11-14)20-16(22)12-18(17(23)24)9-4-2-3-5-10-18/h6-8,11H,2-5,9-10,12H2,1H3,(H,19,21)(H,20,22)(H,23,24). The second-order valence-electron chi connectivity index (χ2n) is 6.49. The van der Waals surface area contributed by atoms with Gasteiger partial charge in [-0.25, -0.2) is 0 Å². The number of aliphatic carboxylic acids is 1. The van der Waals surface area contributed by atoms with Gasteiger partial charge in [0.05, 0.1) is 5.41 Å². The molecule has 0 heterocycles. The van der Waals surface area contributed by atoms with Crippen LogP contribution in [-0.4, -0.2) is 22.9 Å². The molecule has 0 atom stereocenters. The maximum Gasteiger partial charge on any atom is 0.310 e. The zero-order valence-electron chi connectivity index (χ0n) is 13.9. The van der Waals surface area contributed by atoms with Crippen LogP contribution >= 0.6 is 0 Å². The predicted octanol–water partition coefficient (Wildman–Crippen LogP) is 3.40. The van der Waals surface area contributed by atoms with E-state index >= 15 is 0 Å². The molecule has 1 aliphatic rings. The molecule has 0 saturated heterocycles. The molecule has 3 N–H and O–H groups in total. The summed E-state index contributed by atoms with van der Waals surface area (Å²) in [5.74, 6) is -1.38. The molecule has 0 unspecified atom stereocenters. The minimum Gasteiger partial charge on any atom is -0.481 e. The number of carboxylic acids is 1. The Hall–Kier alpha value is -2.37. The van der Waals surface area contributed by atoms with Gasteiger partial charge in [0.15, 0.2) is 0 Å². The average Bonchev–Trinajstić information content (AvgIpc) is 2.73. The Bertz CT molecular complexity index is 619. The van der Waals surface area contributed by atoms with E-state index in [2.05, 4.69) is 10.6 Å². The van der Waals surface area contributed by atoms with Crippen molar-refractivity contribution in [2.75, 3.05) is 10.6 Å². The molecule has 0 bridgehead atoms. The molecule has 6 nitrogen and oxygen atoms in total. The molecule has 1 fully saturated rings. The van der Waals surface area contributed by atoms with E-state index in [0.717, 1.165) is 25.7 Å². The summed E-state index contributed by atoms with van der Waals surface area (Å²) in [7, 11) is 0. The zero-order valence-corrected chi connectivity index (χ0v) is 13.9. The fourth-order valence-electron chi connectivity index (χ4n) is 3.26. The summed E-state index contributed by atoms with van der Waals surface area (Å²) < 4.78 is 0. The molecule has 24 heavy (non-hydrogen) atoms. The third-order valence-electron chi connectivity index (χ3n) is 4.48. The van der Waals surface area contributed by atoms with Gasteiger partial charge in [-0.1, -0.05) is 31.7 Å². The number of carbonyl (C=O) groups excluding carboxylic acids is 2. The molecular weight excluding hydrogens is 308 g/mol. The summed E-state index contributed by atoms with van der Waals surface area (Å²) in [6.07, 6.45) is 4.80. The highest BCUT2D eigenvalue weighted by Gasteiger charge is 2.40. The maximum absolute atomic E-state index is 12.4. The first-order chi connectivity index (χ1) is 11.4. The molecule has 2 amide bonds. The predicted molar refractivity (Wildman–Crippen MR) is 91.8 cm³/mol. The Balaban J connectivity index is 2.05. The molecule has 0 aromatic heterocycles. The lowest BCUT2D eigenvalue weighted by Gasteiger charge is -2.27. The van der Waals surface area contributed by atoms with Crippen molar-refractivity contribution in [2.45, 2.75) is 51.9 Å². The minimum atomic E-state index is -0.962. The third-order valence-corrected chi connectivity index (χ3v) is 4.48. The van der Waals surface area contributed by atoms with Crippen LogP contribution in [0.4, 0.5) is 11.4 Å². The first-order valence-corrected chi connectivity index (χ1v) is 8.32. The molecule has 0 aliphatic heterocycles. The van der Waals surface area contributed by atoms with E-state index in [0.29, 0.717) is 24.2 Å². The lowest BCUT2D eigenvalue weighted by atomic mass is 9.77. The van der Waals surface area contributed by atoms with Crippen molar-refractivity contribution in [1.29, 1.82) is 0 Å². The van der Waals surface area contributed by atoms with Crippen molar-refractivity contribution < 1.29 is 19.5 Å². The summed E-state index contributed by atoms with van der Waals surface area (Å²) in [5, 5.41) is 15.0. The van der Waals surface area contributed by atoms with Gasteiger partial charge in [-0.2, -0.15) is 0 Å². The Morgan fingerprint density at radius 2 is 1.62 bits per heavy atom. The van der Waals surface area contributed by atoms with Crippen LogP contribution < -0.4 is 10.6 Å². The van der Waals surface area contributed by atoms with Crippen LogP contribution in [0.25, 0.3) is 0 Å². The van der Waals surface area contributed by atoms with Crippen LogP contribution in [0, 0.1) is 5.41 Å². The molecule has 1 aromatic carbocycles. The Labute approximate surface area is 141 Å². The highest BCUT2D eigenvalue weighted by atomic mass is 16.4. The summed E-state index contributed by atoms with van der Waals surface area (Å²) in [4.78, 5) is 35.2. The smallest absolute Gasteiger partial charge is 0.310 e. The molecule has 1 saturated carbocycles. The van der Waals surface area contributed by atoms with Crippen molar-refractivity contribution in [3.05, 3.63) is 24.3 Å². The van der Waals surface area contributed by atoms with E-state index in [1.165, 1.54) is 6.92 Å². The number of hydrogen-bond acceptors (Lipinski definition) is 3. The van der Waals surface area contributed by atoms with E-state index in [1.54, 1.807) is 24.3 Å². The maximum atomic E-state index is 12.4. The van der Waals surface area contributed by atoms with Gasteiger partial charge >= 0.3 is 5.97 Å². The van der Waals surface area contributed by atoms with Crippen molar-refractivity contribution in [2.24, 2.45) is 5.41 Å². The Morgan fingerprint density at radius 1 is 1.04 bits per heavy atom. The second kappa shape index (κ2) is 7.95. The summed E-state index contributed by atoms with van der Waals surface area (Å²) in [5.41, 5.74) is 0.165. The van der Waals surface area contributed by atoms with E-state index in [9.17, 15) is 19.5 Å². The van der Waals surface area contributed by atoms with E-state index in [1.807, 2.05) is 0 Å². The average molecular weight is 332 g/mol. The van der Waals surface area contributed by atoms with E-state index < -0.39 is 11.4 Å². The van der Waals surface area contributed by atoms with Gasteiger partial charge < -0.3 is 15.7 Å². The minimum absolute atomic E-state index is 0.0211. The van der Waals surface area contributed by atoms with Crippen molar-refractivity contribution in [1.82, 2.24) is 0 Å². The van der Waals surface area contributed by atoms with Gasteiger partial charge in [-0.15, -0.1) is 0 Å². The molecule has 1 aromatic rings. The van der Waals surface area contributed by atoms with Gasteiger partial charge in [0.1, 0.15) is 0 Å². The molecule has 130 valence electrons. The third kappa shape index (κ3) is 4.81. The first-order valence-electron chi connectivity index (χ1n) is 8.32. The second-order valence-corrected chi connectivity index (χ2v) is 6.49. The highest BCUT2D eigenvalue weighted by molar-refractivity contribution is 5.95. The fourth-order valence-corrected chi connectivity index (χ4v) is 3.26. The van der Waals surface area contributed by atoms with Gasteiger partial charge in [-0.05, 0) is 31.0 Å². The van der Waals surface area contributed by atoms with Gasteiger partial charge in [-0.3, -0.25) is 14.4 Å². The summed E-state index contributed by atoms with van der Waals surface area (Å²) in [6.45, 7) is 1.41. The summed E-state index contributed by atoms with van der Waals surface area (Å²) >= 11 is 0. The monoisotopic (exact) mass is 332 g/mol. The number of benzene rings is 1. The number of carboxylic acid groups (broad SMARTS) is 1. The van der Waals surface area contributed by atoms with E-state index in [4.69, 9.17) is 0 Å². The van der Waals surface area contributed by atoms with Crippen LogP contribution in [-0.2, 0) is 14.4 Å². The number of carbonyl (C=O) groups is 3. The zero-order chi connectivity index (χ0) is 17.6. The van der Waals surface area contributed by atoms with E-state index in [-0.39, 0.29) is 18.2 Å². The summed E-state index contributed by atoms with van der Waals surface area (Å²) in [6, 6.07) is 6.81. The normalized spacial score (nSPS) is 16.7. The molecule has 0 radical (unpaired) electrons. The number of rotatable bonds is 5. The Morgan fingerprint density at radius 3 is 2.17 bits per heavy atom. The molecule has 0 spiro atoms. The van der Waals surface area contributed by atoms with Crippen LogP contribution in [0.2, 0.25) is 0 Å². The quantitative estimate of drug-likeness (QED) is 0.720. The molecule has 6 heteroatoms. The van der Waals surface area contributed by atoms with Crippen molar-refractivity contribution in [3.63, 3.8) is 0 Å². The number of nitrogens with one attached hydrogen (secondary N) is 2. The van der Waals surface area contributed by atoms with Gasteiger partial charge in [0.25, 0.3) is 0 Å². The Kier molecular flexibility index (Phi) is 5.95.